The second kappa shape index (κ2) is 4.87. The molecule has 1 saturated heterocycles. The predicted molar refractivity (Wildman–Crippen MR) is 75.2 cm³/mol. The number of hydrogen-bond donors (Lipinski definition) is 1. The average molecular weight is 260 g/mol. The van der Waals surface area contributed by atoms with Crippen LogP contribution >= 0.6 is 0 Å². The minimum atomic E-state index is 0.282. The fourth-order valence-electron chi connectivity index (χ4n) is 2.73. The average Bonchev–Trinajstić information content (AvgIpc) is 2.92. The van der Waals surface area contributed by atoms with Crippen LogP contribution in [0.2, 0.25) is 0 Å². The van der Waals surface area contributed by atoms with Crippen LogP contribution in [0.1, 0.15) is 12.7 Å². The standard InChI is InChI=1S/C15H20N2O2/c1-10-7-17(9-14(10)16)8-13-6-11-5-12(18-2)3-4-15(11)19-13/h3-6,10,14H,7-9,16H2,1-2H3. The molecule has 102 valence electrons. The number of ether oxygens (including phenoxy) is 1. The monoisotopic (exact) mass is 260 g/mol. The van der Waals surface area contributed by atoms with Crippen molar-refractivity contribution in [3.63, 3.8) is 0 Å². The van der Waals surface area contributed by atoms with Crippen molar-refractivity contribution < 1.29 is 9.15 Å². The third-order valence-corrected chi connectivity index (χ3v) is 3.90. The molecule has 1 aliphatic rings. The summed E-state index contributed by atoms with van der Waals surface area (Å²) in [5.41, 5.74) is 6.96. The van der Waals surface area contributed by atoms with Gasteiger partial charge in [-0.05, 0) is 30.2 Å². The highest BCUT2D eigenvalue weighted by Gasteiger charge is 2.26. The van der Waals surface area contributed by atoms with Gasteiger partial charge in [-0.1, -0.05) is 6.92 Å². The van der Waals surface area contributed by atoms with Gasteiger partial charge in [0.15, 0.2) is 0 Å². The molecule has 0 aliphatic carbocycles. The molecule has 1 fully saturated rings. The van der Waals surface area contributed by atoms with Crippen LogP contribution < -0.4 is 10.5 Å². The van der Waals surface area contributed by atoms with Gasteiger partial charge in [0.05, 0.1) is 13.7 Å². The maximum atomic E-state index is 6.05. The van der Waals surface area contributed by atoms with Crippen molar-refractivity contribution in [1.82, 2.24) is 4.90 Å². The van der Waals surface area contributed by atoms with Crippen molar-refractivity contribution in [2.45, 2.75) is 19.5 Å². The maximum absolute atomic E-state index is 6.05. The van der Waals surface area contributed by atoms with Gasteiger partial charge in [-0.2, -0.15) is 0 Å². The molecule has 2 N–H and O–H groups in total. The van der Waals surface area contributed by atoms with Crippen LogP contribution in [0.3, 0.4) is 0 Å². The molecule has 3 rings (SSSR count). The third-order valence-electron chi connectivity index (χ3n) is 3.90. The lowest BCUT2D eigenvalue weighted by atomic mass is 10.1. The SMILES string of the molecule is COc1ccc2oc(CN3CC(C)C(N)C3)cc2c1. The summed E-state index contributed by atoms with van der Waals surface area (Å²) in [6.45, 7) is 5.02. The highest BCUT2D eigenvalue weighted by atomic mass is 16.5. The summed E-state index contributed by atoms with van der Waals surface area (Å²) < 4.78 is 11.1. The molecule has 1 aromatic carbocycles. The summed E-state index contributed by atoms with van der Waals surface area (Å²) >= 11 is 0. The molecule has 4 heteroatoms. The first kappa shape index (κ1) is 12.5. The van der Waals surface area contributed by atoms with E-state index in [9.17, 15) is 0 Å². The lowest BCUT2D eigenvalue weighted by molar-refractivity contribution is 0.292. The van der Waals surface area contributed by atoms with Gasteiger partial charge in [-0.3, -0.25) is 4.90 Å². The molecule has 0 saturated carbocycles. The van der Waals surface area contributed by atoms with E-state index in [0.29, 0.717) is 5.92 Å². The molecule has 1 aliphatic heterocycles. The summed E-state index contributed by atoms with van der Waals surface area (Å²) in [5, 5.41) is 1.09. The minimum Gasteiger partial charge on any atom is -0.497 e. The Morgan fingerprint density at radius 3 is 2.89 bits per heavy atom. The van der Waals surface area contributed by atoms with Crippen molar-refractivity contribution in [2.75, 3.05) is 20.2 Å². The van der Waals surface area contributed by atoms with E-state index < -0.39 is 0 Å². The van der Waals surface area contributed by atoms with Gasteiger partial charge in [-0.15, -0.1) is 0 Å². The molecule has 0 bridgehead atoms. The number of methoxy groups -OCH3 is 1. The molecule has 2 unspecified atom stereocenters. The first-order valence-electron chi connectivity index (χ1n) is 6.70. The molecule has 0 amide bonds. The Hall–Kier alpha value is -1.52. The van der Waals surface area contributed by atoms with Crippen molar-refractivity contribution in [1.29, 1.82) is 0 Å². The van der Waals surface area contributed by atoms with Gasteiger partial charge in [-0.25, -0.2) is 0 Å². The fraction of sp³-hybridized carbons (Fsp3) is 0.467. The quantitative estimate of drug-likeness (QED) is 0.919. The molecule has 2 atom stereocenters. The highest BCUT2D eigenvalue weighted by Crippen LogP contribution is 2.26. The van der Waals surface area contributed by atoms with Crippen molar-refractivity contribution in [3.05, 3.63) is 30.0 Å². The Morgan fingerprint density at radius 1 is 1.37 bits per heavy atom. The molecule has 0 radical (unpaired) electrons. The van der Waals surface area contributed by atoms with E-state index >= 15 is 0 Å². The van der Waals surface area contributed by atoms with E-state index in [4.69, 9.17) is 14.9 Å². The molecule has 2 aromatic rings. The molecular weight excluding hydrogens is 240 g/mol. The molecule has 19 heavy (non-hydrogen) atoms. The number of hydrogen-bond acceptors (Lipinski definition) is 4. The fourth-order valence-corrected chi connectivity index (χ4v) is 2.73. The van der Waals surface area contributed by atoms with Crippen molar-refractivity contribution in [2.24, 2.45) is 11.7 Å². The van der Waals surface area contributed by atoms with E-state index in [1.165, 1.54) is 0 Å². The normalized spacial score (nSPS) is 24.2. The molecule has 1 aromatic heterocycles. The van der Waals surface area contributed by atoms with Crippen molar-refractivity contribution in [3.8, 4) is 5.75 Å². The highest BCUT2D eigenvalue weighted by molar-refractivity contribution is 5.79. The largest absolute Gasteiger partial charge is 0.497 e. The van der Waals surface area contributed by atoms with Gasteiger partial charge in [0, 0.05) is 24.5 Å². The Balaban J connectivity index is 1.78. The van der Waals surface area contributed by atoms with Gasteiger partial charge >= 0.3 is 0 Å². The zero-order valence-corrected chi connectivity index (χ0v) is 11.4. The van der Waals surface area contributed by atoms with Gasteiger partial charge < -0.3 is 14.9 Å². The summed E-state index contributed by atoms with van der Waals surface area (Å²) in [4.78, 5) is 2.35. The molecule has 4 nitrogen and oxygen atoms in total. The lowest BCUT2D eigenvalue weighted by Gasteiger charge is -2.12. The number of furan rings is 1. The van der Waals surface area contributed by atoms with Crippen LogP contribution in [-0.4, -0.2) is 31.1 Å². The molecular formula is C15H20N2O2. The lowest BCUT2D eigenvalue weighted by Crippen LogP contribution is -2.28. The number of fused-ring (bicyclic) bond motifs is 1. The van der Waals surface area contributed by atoms with Crippen LogP contribution in [0.4, 0.5) is 0 Å². The van der Waals surface area contributed by atoms with E-state index in [-0.39, 0.29) is 6.04 Å². The van der Waals surface area contributed by atoms with Crippen molar-refractivity contribution >= 4 is 11.0 Å². The Kier molecular flexibility index (Phi) is 3.21. The smallest absolute Gasteiger partial charge is 0.134 e. The zero-order chi connectivity index (χ0) is 13.4. The zero-order valence-electron chi connectivity index (χ0n) is 11.4. The number of rotatable bonds is 3. The van der Waals surface area contributed by atoms with Gasteiger partial charge in [0.1, 0.15) is 17.1 Å². The first-order chi connectivity index (χ1) is 9.15. The van der Waals surface area contributed by atoms with Crippen LogP contribution in [0.15, 0.2) is 28.7 Å². The minimum absolute atomic E-state index is 0.282. The molecule has 0 spiro atoms. The Labute approximate surface area is 113 Å². The van der Waals surface area contributed by atoms with Crippen LogP contribution in [0, 0.1) is 5.92 Å². The Bertz CT molecular complexity index is 569. The summed E-state index contributed by atoms with van der Waals surface area (Å²) in [6.07, 6.45) is 0. The third kappa shape index (κ3) is 2.46. The number of nitrogens with two attached hydrogens (primary N) is 1. The topological polar surface area (TPSA) is 51.6 Å². The second-order valence-corrected chi connectivity index (χ2v) is 5.45. The predicted octanol–water partition coefficient (Wildman–Crippen LogP) is 2.22. The number of benzene rings is 1. The van der Waals surface area contributed by atoms with E-state index in [1.54, 1.807) is 7.11 Å². The van der Waals surface area contributed by atoms with Gasteiger partial charge in [0.25, 0.3) is 0 Å². The summed E-state index contributed by atoms with van der Waals surface area (Å²) in [5.74, 6) is 2.41. The van der Waals surface area contributed by atoms with Gasteiger partial charge in [0.2, 0.25) is 0 Å². The number of likely N-dealkylation sites (tertiary alicyclic amines) is 1. The van der Waals surface area contributed by atoms with Crippen LogP contribution in [0.25, 0.3) is 11.0 Å². The Morgan fingerprint density at radius 2 is 2.21 bits per heavy atom. The van der Waals surface area contributed by atoms with E-state index in [2.05, 4.69) is 17.9 Å². The maximum Gasteiger partial charge on any atom is 0.134 e. The summed E-state index contributed by atoms with van der Waals surface area (Å²) in [7, 11) is 1.68. The van der Waals surface area contributed by atoms with Crippen LogP contribution in [-0.2, 0) is 6.54 Å². The first-order valence-corrected chi connectivity index (χ1v) is 6.70. The second-order valence-electron chi connectivity index (χ2n) is 5.45. The summed E-state index contributed by atoms with van der Waals surface area (Å²) in [6, 6.07) is 8.25. The van der Waals surface area contributed by atoms with E-state index in [1.807, 2.05) is 18.2 Å². The van der Waals surface area contributed by atoms with E-state index in [0.717, 1.165) is 42.1 Å². The molecule has 2 heterocycles. The van der Waals surface area contributed by atoms with Crippen LogP contribution in [0.5, 0.6) is 5.75 Å². The number of nitrogens with zero attached hydrogens (tertiary/aromatic N) is 1.